The monoisotopic (exact) mass is 366 g/mol. The highest BCUT2D eigenvalue weighted by Gasteiger charge is 2.22. The maximum Gasteiger partial charge on any atom is 0.240 e. The lowest BCUT2D eigenvalue weighted by Gasteiger charge is -2.23. The van der Waals surface area contributed by atoms with Gasteiger partial charge in [0.1, 0.15) is 11.9 Å². The van der Waals surface area contributed by atoms with Gasteiger partial charge in [0.25, 0.3) is 0 Å². The molecule has 0 unspecified atom stereocenters. The van der Waals surface area contributed by atoms with Gasteiger partial charge < -0.3 is 9.80 Å². The van der Waals surface area contributed by atoms with Gasteiger partial charge in [-0.2, -0.15) is 0 Å². The topological polar surface area (TPSA) is 53.9 Å². The summed E-state index contributed by atoms with van der Waals surface area (Å²) in [7, 11) is 4.13. The third-order valence-electron chi connectivity index (χ3n) is 4.09. The quantitative estimate of drug-likeness (QED) is 0.770. The minimum Gasteiger partial charge on any atom is -0.378 e. The summed E-state index contributed by atoms with van der Waals surface area (Å²) in [4.78, 5) is 3.04. The van der Waals surface area contributed by atoms with Crippen LogP contribution in [0.3, 0.4) is 0 Å². The van der Waals surface area contributed by atoms with Crippen LogP contribution < -0.4 is 14.5 Å². The standard InChI is InChI=1S/C18H24FN3O2S/c1-21(2)16-10-8-14(9-11-16)18(22(3)4)13-20-25(23,24)17-7-5-6-15(19)12-17/h5-12,18,20H,13H2,1-4H3/p+1/t18-/m0/s1. The molecule has 2 aromatic carbocycles. The maximum atomic E-state index is 13.3. The van der Waals surface area contributed by atoms with Gasteiger partial charge in [-0.25, -0.2) is 17.5 Å². The Morgan fingerprint density at radius 1 is 1.12 bits per heavy atom. The molecule has 2 aromatic rings. The molecule has 25 heavy (non-hydrogen) atoms. The van der Waals surface area contributed by atoms with Gasteiger partial charge in [0, 0.05) is 25.3 Å². The SMILES string of the molecule is CN(C)c1ccc([C@H](CNS(=O)(=O)c2cccc(F)c2)[NH+](C)C)cc1. The van der Waals surface area contributed by atoms with E-state index in [2.05, 4.69) is 4.72 Å². The Bertz CT molecular complexity index is 805. The first-order valence-corrected chi connectivity index (χ1v) is 9.51. The summed E-state index contributed by atoms with van der Waals surface area (Å²) in [5, 5.41) is 0. The van der Waals surface area contributed by atoms with Gasteiger partial charge >= 0.3 is 0 Å². The molecule has 0 aliphatic heterocycles. The molecule has 0 fully saturated rings. The van der Waals surface area contributed by atoms with E-state index in [4.69, 9.17) is 0 Å². The van der Waals surface area contributed by atoms with E-state index in [9.17, 15) is 12.8 Å². The van der Waals surface area contributed by atoms with Crippen LogP contribution in [0.25, 0.3) is 0 Å². The third-order valence-corrected chi connectivity index (χ3v) is 5.51. The Morgan fingerprint density at radius 3 is 2.28 bits per heavy atom. The van der Waals surface area contributed by atoms with E-state index < -0.39 is 15.8 Å². The zero-order chi connectivity index (χ0) is 18.6. The van der Waals surface area contributed by atoms with Crippen LogP contribution in [0.15, 0.2) is 53.4 Å². The molecule has 0 heterocycles. The van der Waals surface area contributed by atoms with Gasteiger partial charge in [-0.15, -0.1) is 0 Å². The van der Waals surface area contributed by atoms with Gasteiger partial charge in [-0.3, -0.25) is 0 Å². The number of nitrogens with one attached hydrogen (secondary N) is 2. The van der Waals surface area contributed by atoms with Crippen molar-refractivity contribution in [2.75, 3.05) is 39.6 Å². The highest BCUT2D eigenvalue weighted by atomic mass is 32.2. The van der Waals surface area contributed by atoms with Crippen molar-refractivity contribution in [3.8, 4) is 0 Å². The van der Waals surface area contributed by atoms with E-state index in [1.807, 2.05) is 57.4 Å². The summed E-state index contributed by atoms with van der Waals surface area (Å²) in [5.41, 5.74) is 2.11. The zero-order valence-electron chi connectivity index (χ0n) is 15.0. The van der Waals surface area contributed by atoms with Crippen molar-refractivity contribution in [1.29, 1.82) is 0 Å². The Kier molecular flexibility index (Phi) is 6.16. The van der Waals surface area contributed by atoms with E-state index >= 15 is 0 Å². The first-order valence-electron chi connectivity index (χ1n) is 8.03. The van der Waals surface area contributed by atoms with E-state index in [1.54, 1.807) is 0 Å². The number of anilines is 1. The fraction of sp³-hybridized carbons (Fsp3) is 0.333. The Morgan fingerprint density at radius 2 is 1.76 bits per heavy atom. The molecule has 7 heteroatoms. The Labute approximate surface area is 149 Å². The lowest BCUT2D eigenvalue weighted by molar-refractivity contribution is -0.890. The normalized spacial score (nSPS) is 13.0. The number of rotatable bonds is 7. The van der Waals surface area contributed by atoms with Crippen molar-refractivity contribution in [3.05, 3.63) is 59.9 Å². The predicted molar refractivity (Wildman–Crippen MR) is 97.9 cm³/mol. The Hall–Kier alpha value is -1.96. The largest absolute Gasteiger partial charge is 0.378 e. The van der Waals surface area contributed by atoms with E-state index in [-0.39, 0.29) is 17.5 Å². The summed E-state index contributed by atoms with van der Waals surface area (Å²) in [6.07, 6.45) is 0. The minimum absolute atomic E-state index is 0.0560. The lowest BCUT2D eigenvalue weighted by Crippen LogP contribution is -3.07. The maximum absolute atomic E-state index is 13.3. The van der Waals surface area contributed by atoms with Crippen molar-refractivity contribution in [2.45, 2.75) is 10.9 Å². The number of hydrogen-bond donors (Lipinski definition) is 2. The van der Waals surface area contributed by atoms with E-state index in [0.717, 1.165) is 22.2 Å². The van der Waals surface area contributed by atoms with Crippen LogP contribution in [-0.4, -0.2) is 43.2 Å². The molecule has 0 spiro atoms. The number of likely N-dealkylation sites (N-methyl/N-ethyl adjacent to an activating group) is 1. The number of quaternary nitrogens is 1. The minimum atomic E-state index is -3.75. The highest BCUT2D eigenvalue weighted by molar-refractivity contribution is 7.89. The van der Waals surface area contributed by atoms with Crippen molar-refractivity contribution in [3.63, 3.8) is 0 Å². The second-order valence-electron chi connectivity index (χ2n) is 6.43. The molecule has 1 atom stereocenters. The molecular weight excluding hydrogens is 341 g/mol. The average Bonchev–Trinajstić information content (AvgIpc) is 2.55. The van der Waals surface area contributed by atoms with Crippen molar-refractivity contribution < 1.29 is 17.7 Å². The number of hydrogen-bond acceptors (Lipinski definition) is 3. The number of halogens is 1. The third kappa shape index (κ3) is 5.01. The number of sulfonamides is 1. The second kappa shape index (κ2) is 7.95. The fourth-order valence-corrected chi connectivity index (χ4v) is 3.65. The lowest BCUT2D eigenvalue weighted by atomic mass is 10.1. The highest BCUT2D eigenvalue weighted by Crippen LogP contribution is 2.17. The predicted octanol–water partition coefficient (Wildman–Crippen LogP) is 1.06. The van der Waals surface area contributed by atoms with Crippen LogP contribution in [-0.2, 0) is 10.0 Å². The van der Waals surface area contributed by atoms with Gasteiger partial charge in [-0.1, -0.05) is 18.2 Å². The molecule has 5 nitrogen and oxygen atoms in total. The molecule has 0 radical (unpaired) electrons. The molecule has 0 amide bonds. The Balaban J connectivity index is 2.17. The summed E-state index contributed by atoms with van der Waals surface area (Å²) < 4.78 is 40.7. The molecule has 2 rings (SSSR count). The second-order valence-corrected chi connectivity index (χ2v) is 8.19. The first kappa shape index (κ1) is 19.4. The number of nitrogens with zero attached hydrogens (tertiary/aromatic N) is 1. The number of benzene rings is 2. The van der Waals surface area contributed by atoms with Crippen LogP contribution in [0, 0.1) is 5.82 Å². The van der Waals surface area contributed by atoms with Crippen LogP contribution in [0.5, 0.6) is 0 Å². The van der Waals surface area contributed by atoms with Gasteiger partial charge in [0.2, 0.25) is 10.0 Å². The average molecular weight is 366 g/mol. The summed E-state index contributed by atoms with van der Waals surface area (Å²) in [6, 6.07) is 13.0. The molecule has 0 aliphatic rings. The molecule has 0 saturated heterocycles. The molecule has 136 valence electrons. The van der Waals surface area contributed by atoms with Crippen molar-refractivity contribution >= 4 is 15.7 Å². The summed E-state index contributed by atoms with van der Waals surface area (Å²) >= 11 is 0. The molecule has 0 aromatic heterocycles. The molecule has 0 saturated carbocycles. The summed E-state index contributed by atoms with van der Waals surface area (Å²) in [6.45, 7) is 0.225. The van der Waals surface area contributed by atoms with Gasteiger partial charge in [-0.05, 0) is 30.3 Å². The van der Waals surface area contributed by atoms with Gasteiger partial charge in [0.15, 0.2) is 0 Å². The van der Waals surface area contributed by atoms with Crippen LogP contribution in [0.2, 0.25) is 0 Å². The van der Waals surface area contributed by atoms with Crippen LogP contribution in [0.4, 0.5) is 10.1 Å². The van der Waals surface area contributed by atoms with E-state index in [0.29, 0.717) is 0 Å². The molecular formula is C18H25FN3O2S+. The molecule has 0 aliphatic carbocycles. The zero-order valence-corrected chi connectivity index (χ0v) is 15.8. The summed E-state index contributed by atoms with van der Waals surface area (Å²) in [5.74, 6) is -0.572. The van der Waals surface area contributed by atoms with Crippen LogP contribution >= 0.6 is 0 Å². The van der Waals surface area contributed by atoms with Gasteiger partial charge in [0.05, 0.1) is 25.5 Å². The molecule has 0 bridgehead atoms. The fourth-order valence-electron chi connectivity index (χ4n) is 2.57. The van der Waals surface area contributed by atoms with E-state index in [1.165, 1.54) is 18.2 Å². The van der Waals surface area contributed by atoms with Crippen molar-refractivity contribution in [2.24, 2.45) is 0 Å². The first-order chi connectivity index (χ1) is 11.7. The smallest absolute Gasteiger partial charge is 0.240 e. The molecule has 2 N–H and O–H groups in total. The van der Waals surface area contributed by atoms with Crippen molar-refractivity contribution in [1.82, 2.24) is 4.72 Å². The van der Waals surface area contributed by atoms with Crippen LogP contribution in [0.1, 0.15) is 11.6 Å².